The van der Waals surface area contributed by atoms with Crippen molar-refractivity contribution < 1.29 is 13.6 Å². The molecular weight excluding hydrogens is 320 g/mol. The second kappa shape index (κ2) is 6.68. The van der Waals surface area contributed by atoms with Crippen LogP contribution in [0.15, 0.2) is 4.79 Å². The van der Waals surface area contributed by atoms with Crippen LogP contribution in [0.5, 0.6) is 0 Å². The number of halogens is 2. The number of alkyl halides is 2. The topological polar surface area (TPSA) is 106 Å². The summed E-state index contributed by atoms with van der Waals surface area (Å²) >= 11 is 0. The van der Waals surface area contributed by atoms with Gasteiger partial charge in [-0.1, -0.05) is 0 Å². The van der Waals surface area contributed by atoms with Crippen LogP contribution in [0, 0.1) is 13.8 Å². The molecule has 2 heterocycles. The largest absolute Gasteiger partial charge is 0.350 e. The number of pyridine rings is 1. The fourth-order valence-corrected chi connectivity index (χ4v) is 2.64. The summed E-state index contributed by atoms with van der Waals surface area (Å²) in [6, 6.07) is 0. The van der Waals surface area contributed by atoms with Crippen molar-refractivity contribution in [1.82, 2.24) is 20.1 Å². The number of nitrogens with one attached hydrogen (secondary N) is 2. The highest BCUT2D eigenvalue weighted by atomic mass is 19.3. The summed E-state index contributed by atoms with van der Waals surface area (Å²) in [5, 5.41) is 5.30. The van der Waals surface area contributed by atoms with Crippen LogP contribution in [0.3, 0.4) is 0 Å². The van der Waals surface area contributed by atoms with E-state index >= 15 is 0 Å². The van der Waals surface area contributed by atoms with E-state index in [0.717, 1.165) is 11.1 Å². The number of carbonyl (C=O) groups excluding carboxylic acids is 1. The average molecular weight is 341 g/mol. The molecule has 0 aliphatic rings. The molecule has 0 bridgehead atoms. The van der Waals surface area contributed by atoms with E-state index in [2.05, 4.69) is 15.4 Å². The molecule has 2 aromatic rings. The number of nitrogens with zero attached hydrogens (tertiary/aromatic N) is 2. The SMILES string of the molecule is Cc1nc2c(c(C)c1CCC(=O)NCC(F)(F)CN)c(=O)[nH]n2C. The van der Waals surface area contributed by atoms with E-state index in [9.17, 15) is 18.4 Å². The molecule has 24 heavy (non-hydrogen) atoms. The van der Waals surface area contributed by atoms with Crippen LogP contribution in [0.4, 0.5) is 8.78 Å². The van der Waals surface area contributed by atoms with Crippen molar-refractivity contribution in [1.29, 1.82) is 0 Å². The number of hydrogen-bond acceptors (Lipinski definition) is 4. The fourth-order valence-electron chi connectivity index (χ4n) is 2.64. The predicted molar refractivity (Wildman–Crippen MR) is 86.1 cm³/mol. The Labute approximate surface area is 137 Å². The Hall–Kier alpha value is -2.29. The van der Waals surface area contributed by atoms with Crippen LogP contribution < -0.4 is 16.6 Å². The second-order valence-corrected chi connectivity index (χ2v) is 5.84. The van der Waals surface area contributed by atoms with Gasteiger partial charge in [0.15, 0.2) is 5.65 Å². The number of carbonyl (C=O) groups is 1. The van der Waals surface area contributed by atoms with Gasteiger partial charge in [-0.3, -0.25) is 19.4 Å². The molecule has 9 heteroatoms. The van der Waals surface area contributed by atoms with Gasteiger partial charge in [-0.2, -0.15) is 0 Å². The monoisotopic (exact) mass is 341 g/mol. The minimum atomic E-state index is -3.11. The number of aromatic nitrogens is 3. The van der Waals surface area contributed by atoms with E-state index in [1.165, 1.54) is 0 Å². The zero-order valence-corrected chi connectivity index (χ0v) is 13.9. The van der Waals surface area contributed by atoms with Crippen molar-refractivity contribution in [2.24, 2.45) is 12.8 Å². The summed E-state index contributed by atoms with van der Waals surface area (Å²) in [6.07, 6.45) is 0.342. The fraction of sp³-hybridized carbons (Fsp3) is 0.533. The standard InChI is InChI=1S/C15H21F2N5O2/c1-8-10(4-5-11(23)19-7-15(16,17)6-18)9(2)20-13-12(8)14(24)21-22(13)3/h4-7,18H2,1-3H3,(H,19,23)(H,21,24). The molecule has 2 rings (SSSR count). The van der Waals surface area contributed by atoms with E-state index < -0.39 is 24.9 Å². The molecule has 0 atom stereocenters. The summed E-state index contributed by atoms with van der Waals surface area (Å²) in [6.45, 7) is 1.99. The number of aromatic amines is 1. The first-order valence-electron chi connectivity index (χ1n) is 7.55. The molecule has 0 radical (unpaired) electrons. The number of nitrogens with two attached hydrogens (primary N) is 1. The Morgan fingerprint density at radius 3 is 2.71 bits per heavy atom. The van der Waals surface area contributed by atoms with Gasteiger partial charge in [0.05, 0.1) is 18.5 Å². The van der Waals surface area contributed by atoms with Crippen LogP contribution >= 0.6 is 0 Å². The number of rotatable bonds is 6. The first kappa shape index (κ1) is 18.1. The van der Waals surface area contributed by atoms with Gasteiger partial charge in [-0.15, -0.1) is 0 Å². The highest BCUT2D eigenvalue weighted by Crippen LogP contribution is 2.21. The third-order valence-corrected chi connectivity index (χ3v) is 4.02. The predicted octanol–water partition coefficient (Wildman–Crippen LogP) is 0.521. The Bertz CT molecular complexity index is 825. The van der Waals surface area contributed by atoms with Gasteiger partial charge in [0, 0.05) is 19.2 Å². The molecule has 0 aliphatic carbocycles. The van der Waals surface area contributed by atoms with Crippen molar-refractivity contribution in [3.63, 3.8) is 0 Å². The van der Waals surface area contributed by atoms with E-state index in [1.54, 1.807) is 25.6 Å². The van der Waals surface area contributed by atoms with Crippen molar-refractivity contribution in [2.45, 2.75) is 32.6 Å². The number of hydrogen-bond donors (Lipinski definition) is 3. The van der Waals surface area contributed by atoms with E-state index in [0.29, 0.717) is 23.1 Å². The van der Waals surface area contributed by atoms with Crippen LogP contribution in [0.1, 0.15) is 23.2 Å². The van der Waals surface area contributed by atoms with Gasteiger partial charge in [0.2, 0.25) is 5.91 Å². The summed E-state index contributed by atoms with van der Waals surface area (Å²) in [5.74, 6) is -3.61. The van der Waals surface area contributed by atoms with Gasteiger partial charge in [-0.25, -0.2) is 13.8 Å². The van der Waals surface area contributed by atoms with E-state index in [4.69, 9.17) is 5.73 Å². The van der Waals surface area contributed by atoms with Crippen molar-refractivity contribution in [3.05, 3.63) is 27.2 Å². The quantitative estimate of drug-likeness (QED) is 0.712. The Balaban J connectivity index is 2.15. The van der Waals surface area contributed by atoms with Gasteiger partial charge in [0.25, 0.3) is 11.5 Å². The third-order valence-electron chi connectivity index (χ3n) is 4.02. The molecule has 0 spiro atoms. The molecular formula is C15H21F2N5O2. The Morgan fingerprint density at radius 2 is 2.08 bits per heavy atom. The Kier molecular flexibility index (Phi) is 5.02. The Morgan fingerprint density at radius 1 is 1.42 bits per heavy atom. The maximum Gasteiger partial charge on any atom is 0.277 e. The summed E-state index contributed by atoms with van der Waals surface area (Å²) < 4.78 is 27.6. The molecule has 0 saturated carbocycles. The molecule has 2 aromatic heterocycles. The van der Waals surface area contributed by atoms with Crippen LogP contribution in [-0.4, -0.2) is 39.7 Å². The molecule has 1 amide bonds. The van der Waals surface area contributed by atoms with Crippen molar-refractivity contribution in [3.8, 4) is 0 Å². The minimum Gasteiger partial charge on any atom is -0.350 e. The molecule has 0 fully saturated rings. The second-order valence-electron chi connectivity index (χ2n) is 5.84. The molecule has 0 saturated heterocycles. The molecule has 7 nitrogen and oxygen atoms in total. The molecule has 132 valence electrons. The lowest BCUT2D eigenvalue weighted by Gasteiger charge is -2.15. The lowest BCUT2D eigenvalue weighted by Crippen LogP contribution is -2.41. The van der Waals surface area contributed by atoms with E-state index in [1.807, 2.05) is 0 Å². The average Bonchev–Trinajstić information content (AvgIpc) is 2.79. The lowest BCUT2D eigenvalue weighted by molar-refractivity contribution is -0.122. The number of fused-ring (bicyclic) bond motifs is 1. The zero-order valence-electron chi connectivity index (χ0n) is 13.9. The first-order chi connectivity index (χ1) is 11.2. The molecule has 0 aliphatic heterocycles. The number of H-pyrrole nitrogens is 1. The van der Waals surface area contributed by atoms with Crippen LogP contribution in [-0.2, 0) is 18.3 Å². The molecule has 0 aromatic carbocycles. The lowest BCUT2D eigenvalue weighted by atomic mass is 10.0. The smallest absolute Gasteiger partial charge is 0.277 e. The molecule has 4 N–H and O–H groups in total. The summed E-state index contributed by atoms with van der Waals surface area (Å²) in [7, 11) is 1.69. The maximum atomic E-state index is 13.0. The normalized spacial score (nSPS) is 11.9. The minimum absolute atomic E-state index is 0.0280. The first-order valence-corrected chi connectivity index (χ1v) is 7.55. The highest BCUT2D eigenvalue weighted by Gasteiger charge is 2.27. The van der Waals surface area contributed by atoms with E-state index in [-0.39, 0.29) is 12.0 Å². The number of amides is 1. The third kappa shape index (κ3) is 3.61. The highest BCUT2D eigenvalue weighted by molar-refractivity contribution is 5.81. The van der Waals surface area contributed by atoms with Gasteiger partial charge < -0.3 is 11.1 Å². The van der Waals surface area contributed by atoms with Crippen LogP contribution in [0.2, 0.25) is 0 Å². The van der Waals surface area contributed by atoms with Crippen molar-refractivity contribution in [2.75, 3.05) is 13.1 Å². The zero-order chi connectivity index (χ0) is 18.1. The summed E-state index contributed by atoms with van der Waals surface area (Å²) in [5.41, 5.74) is 7.46. The van der Waals surface area contributed by atoms with Crippen molar-refractivity contribution >= 4 is 16.9 Å². The van der Waals surface area contributed by atoms with Gasteiger partial charge in [0.1, 0.15) is 0 Å². The van der Waals surface area contributed by atoms with Gasteiger partial charge >= 0.3 is 0 Å². The summed E-state index contributed by atoms with van der Waals surface area (Å²) in [4.78, 5) is 28.1. The maximum absolute atomic E-state index is 13.0. The number of aryl methyl sites for hydroxylation is 3. The van der Waals surface area contributed by atoms with Gasteiger partial charge in [-0.05, 0) is 31.4 Å². The molecule has 0 unspecified atom stereocenters. The van der Waals surface area contributed by atoms with Crippen LogP contribution in [0.25, 0.3) is 11.0 Å².